The Labute approximate surface area is 151 Å². The molecule has 4 aliphatic rings. The highest BCUT2D eigenvalue weighted by Gasteiger charge is 2.51. The molecule has 0 aromatic carbocycles. The quantitative estimate of drug-likeness (QED) is 0.771. The van der Waals surface area contributed by atoms with E-state index in [0.717, 1.165) is 45.2 Å². The maximum absolute atomic E-state index is 13.4. The van der Waals surface area contributed by atoms with Gasteiger partial charge in [-0.3, -0.25) is 9.59 Å². The first-order valence-corrected chi connectivity index (χ1v) is 10.4. The predicted octanol–water partition coefficient (Wildman–Crippen LogP) is 2.59. The number of carbonyl (C=O) groups is 2. The Morgan fingerprint density at radius 3 is 2.48 bits per heavy atom. The standard InChI is InChI=1S/C20H32N2O3/c23-18(16-7-13-25-14-8-16)21-12-10-20(15-21)9-4-11-22(19(20)24)17-5-2-1-3-6-17/h16-17H,1-15H2/t20-/m1/s1. The van der Waals surface area contributed by atoms with E-state index in [2.05, 4.69) is 4.90 Å². The van der Waals surface area contributed by atoms with Gasteiger partial charge in [0.05, 0.1) is 5.41 Å². The molecule has 1 saturated carbocycles. The highest BCUT2D eigenvalue weighted by atomic mass is 16.5. The van der Waals surface area contributed by atoms with Crippen molar-refractivity contribution in [3.8, 4) is 0 Å². The number of amides is 2. The van der Waals surface area contributed by atoms with Crippen LogP contribution in [0, 0.1) is 11.3 Å². The van der Waals surface area contributed by atoms with Crippen molar-refractivity contribution >= 4 is 11.8 Å². The molecule has 0 aromatic rings. The first-order chi connectivity index (χ1) is 12.2. The van der Waals surface area contributed by atoms with Crippen molar-refractivity contribution < 1.29 is 14.3 Å². The van der Waals surface area contributed by atoms with Crippen LogP contribution in [0.4, 0.5) is 0 Å². The Hall–Kier alpha value is -1.10. The average molecular weight is 348 g/mol. The van der Waals surface area contributed by atoms with E-state index < -0.39 is 0 Å². The molecule has 0 unspecified atom stereocenters. The molecule has 0 aromatic heterocycles. The monoisotopic (exact) mass is 348 g/mol. The minimum atomic E-state index is -0.281. The summed E-state index contributed by atoms with van der Waals surface area (Å²) >= 11 is 0. The first kappa shape index (κ1) is 17.3. The second-order valence-corrected chi connectivity index (χ2v) is 8.57. The van der Waals surface area contributed by atoms with Crippen molar-refractivity contribution in [3.63, 3.8) is 0 Å². The number of hydrogen-bond donors (Lipinski definition) is 0. The second-order valence-electron chi connectivity index (χ2n) is 8.57. The summed E-state index contributed by atoms with van der Waals surface area (Å²) in [6, 6.07) is 0.457. The van der Waals surface area contributed by atoms with Gasteiger partial charge in [0.25, 0.3) is 0 Å². The minimum absolute atomic E-state index is 0.108. The fraction of sp³-hybridized carbons (Fsp3) is 0.900. The van der Waals surface area contributed by atoms with E-state index in [-0.39, 0.29) is 17.2 Å². The van der Waals surface area contributed by atoms with Crippen LogP contribution in [0.2, 0.25) is 0 Å². The molecule has 3 heterocycles. The van der Waals surface area contributed by atoms with Gasteiger partial charge >= 0.3 is 0 Å². The molecule has 0 bridgehead atoms. The zero-order chi connectivity index (χ0) is 17.3. The smallest absolute Gasteiger partial charge is 0.230 e. The lowest BCUT2D eigenvalue weighted by atomic mass is 9.77. The number of piperidine rings is 1. The van der Waals surface area contributed by atoms with Crippen LogP contribution < -0.4 is 0 Å². The zero-order valence-electron chi connectivity index (χ0n) is 15.4. The second kappa shape index (κ2) is 7.26. The summed E-state index contributed by atoms with van der Waals surface area (Å²) in [6.45, 7) is 3.75. The number of hydrogen-bond acceptors (Lipinski definition) is 3. The molecule has 1 atom stereocenters. The number of rotatable bonds is 2. The number of carbonyl (C=O) groups excluding carboxylic acids is 2. The molecule has 3 aliphatic heterocycles. The molecule has 5 nitrogen and oxygen atoms in total. The number of ether oxygens (including phenoxy) is 1. The Balaban J connectivity index is 1.42. The highest BCUT2D eigenvalue weighted by molar-refractivity contribution is 5.87. The Morgan fingerprint density at radius 2 is 1.72 bits per heavy atom. The van der Waals surface area contributed by atoms with E-state index in [1.54, 1.807) is 0 Å². The van der Waals surface area contributed by atoms with Crippen LogP contribution in [0.3, 0.4) is 0 Å². The molecule has 1 spiro atoms. The van der Waals surface area contributed by atoms with Crippen LogP contribution >= 0.6 is 0 Å². The van der Waals surface area contributed by atoms with Gasteiger partial charge in [-0.2, -0.15) is 0 Å². The summed E-state index contributed by atoms with van der Waals surface area (Å²) in [6.07, 6.45) is 10.8. The van der Waals surface area contributed by atoms with Gasteiger partial charge in [-0.25, -0.2) is 0 Å². The number of nitrogens with zero attached hydrogens (tertiary/aromatic N) is 2. The summed E-state index contributed by atoms with van der Waals surface area (Å²) in [4.78, 5) is 30.4. The molecule has 140 valence electrons. The molecular formula is C20H32N2O3. The van der Waals surface area contributed by atoms with Crippen molar-refractivity contribution in [2.75, 3.05) is 32.8 Å². The molecule has 0 radical (unpaired) electrons. The Bertz CT molecular complexity index is 511. The largest absolute Gasteiger partial charge is 0.381 e. The van der Waals surface area contributed by atoms with Gasteiger partial charge < -0.3 is 14.5 Å². The van der Waals surface area contributed by atoms with Gasteiger partial charge in [0.1, 0.15) is 0 Å². The van der Waals surface area contributed by atoms with Crippen LogP contribution in [0.5, 0.6) is 0 Å². The minimum Gasteiger partial charge on any atom is -0.381 e. The van der Waals surface area contributed by atoms with Gasteiger partial charge in [0, 0.05) is 44.8 Å². The van der Waals surface area contributed by atoms with E-state index in [1.807, 2.05) is 4.90 Å². The Kier molecular flexibility index (Phi) is 5.03. The molecule has 1 aliphatic carbocycles. The molecule has 0 N–H and O–H groups in total. The van der Waals surface area contributed by atoms with Crippen LogP contribution in [0.15, 0.2) is 0 Å². The van der Waals surface area contributed by atoms with Crippen LogP contribution in [0.25, 0.3) is 0 Å². The first-order valence-electron chi connectivity index (χ1n) is 10.4. The summed E-state index contributed by atoms with van der Waals surface area (Å²) in [5.41, 5.74) is -0.281. The normalized spacial score (nSPS) is 32.6. The summed E-state index contributed by atoms with van der Waals surface area (Å²) in [7, 11) is 0. The number of likely N-dealkylation sites (tertiary alicyclic amines) is 2. The van der Waals surface area contributed by atoms with Gasteiger partial charge in [0.15, 0.2) is 0 Å². The Morgan fingerprint density at radius 1 is 0.960 bits per heavy atom. The maximum Gasteiger partial charge on any atom is 0.230 e. The van der Waals surface area contributed by atoms with Crippen molar-refractivity contribution in [1.82, 2.24) is 9.80 Å². The van der Waals surface area contributed by atoms with E-state index >= 15 is 0 Å². The van der Waals surface area contributed by atoms with E-state index in [9.17, 15) is 9.59 Å². The lowest BCUT2D eigenvalue weighted by Crippen LogP contribution is -2.54. The predicted molar refractivity (Wildman–Crippen MR) is 95.0 cm³/mol. The summed E-state index contributed by atoms with van der Waals surface area (Å²) in [5.74, 6) is 0.729. The summed E-state index contributed by atoms with van der Waals surface area (Å²) < 4.78 is 5.39. The van der Waals surface area contributed by atoms with E-state index in [0.29, 0.717) is 31.7 Å². The van der Waals surface area contributed by atoms with Crippen molar-refractivity contribution in [2.45, 2.75) is 70.3 Å². The van der Waals surface area contributed by atoms with Gasteiger partial charge in [0.2, 0.25) is 11.8 Å². The molecular weight excluding hydrogens is 316 g/mol. The zero-order valence-corrected chi connectivity index (χ0v) is 15.4. The topological polar surface area (TPSA) is 49.9 Å². The van der Waals surface area contributed by atoms with Gasteiger partial charge in [-0.1, -0.05) is 19.3 Å². The molecule has 25 heavy (non-hydrogen) atoms. The van der Waals surface area contributed by atoms with Crippen LogP contribution in [-0.4, -0.2) is 60.5 Å². The third-order valence-electron chi connectivity index (χ3n) is 7.02. The van der Waals surface area contributed by atoms with Gasteiger partial charge in [-0.15, -0.1) is 0 Å². The SMILES string of the molecule is O=C(C1CCOCC1)N1CC[C@]2(CCCN(C3CCCCC3)C2=O)C1. The summed E-state index contributed by atoms with van der Waals surface area (Å²) in [5, 5.41) is 0. The fourth-order valence-corrected chi connectivity index (χ4v) is 5.48. The molecule has 2 amide bonds. The lowest BCUT2D eigenvalue weighted by molar-refractivity contribution is -0.150. The van der Waals surface area contributed by atoms with Crippen molar-refractivity contribution in [3.05, 3.63) is 0 Å². The molecule has 4 fully saturated rings. The maximum atomic E-state index is 13.4. The van der Waals surface area contributed by atoms with Crippen molar-refractivity contribution in [1.29, 1.82) is 0 Å². The molecule has 5 heteroatoms. The highest BCUT2D eigenvalue weighted by Crippen LogP contribution is 2.42. The third kappa shape index (κ3) is 3.32. The molecule has 4 rings (SSSR count). The van der Waals surface area contributed by atoms with Crippen LogP contribution in [0.1, 0.15) is 64.2 Å². The lowest BCUT2D eigenvalue weighted by Gasteiger charge is -2.44. The van der Waals surface area contributed by atoms with E-state index in [1.165, 1.54) is 32.1 Å². The fourth-order valence-electron chi connectivity index (χ4n) is 5.48. The van der Waals surface area contributed by atoms with Crippen LogP contribution in [-0.2, 0) is 14.3 Å². The third-order valence-corrected chi connectivity index (χ3v) is 7.02. The average Bonchev–Trinajstić information content (AvgIpc) is 3.10. The van der Waals surface area contributed by atoms with E-state index in [4.69, 9.17) is 4.74 Å². The van der Waals surface area contributed by atoms with Crippen molar-refractivity contribution in [2.24, 2.45) is 11.3 Å². The molecule has 3 saturated heterocycles. The van der Waals surface area contributed by atoms with Gasteiger partial charge in [-0.05, 0) is 44.9 Å².